The molecule has 14 heavy (non-hydrogen) atoms. The molecule has 0 radical (unpaired) electrons. The smallest absolute Gasteiger partial charge is 0.166 e. The van der Waals surface area contributed by atoms with Gasteiger partial charge in [-0.05, 0) is 37.3 Å². The molecule has 1 unspecified atom stereocenters. The molecule has 4 heteroatoms. The number of benzene rings is 1. The summed E-state index contributed by atoms with van der Waals surface area (Å²) in [5.74, 6) is 0. The summed E-state index contributed by atoms with van der Waals surface area (Å²) in [5, 5.41) is 11.4. The fourth-order valence-corrected chi connectivity index (χ4v) is 1.67. The molecule has 2 N–H and O–H groups in total. The van der Waals surface area contributed by atoms with Crippen LogP contribution in [0.1, 0.15) is 6.92 Å². The standard InChI is InChI=1S/C10H11BrN2O/c1-7-6-10(14)13(12-7)9-4-2-8(11)3-5-9/h2-6,10,12,14H,1H3. The summed E-state index contributed by atoms with van der Waals surface area (Å²) >= 11 is 3.37. The average molecular weight is 255 g/mol. The minimum absolute atomic E-state index is 0.587. The molecule has 0 aromatic heterocycles. The zero-order valence-corrected chi connectivity index (χ0v) is 9.32. The molecule has 1 aromatic rings. The minimum atomic E-state index is -0.587. The molecule has 2 rings (SSSR count). The molecule has 1 aliphatic rings. The maximum Gasteiger partial charge on any atom is 0.166 e. The molecule has 0 bridgehead atoms. The van der Waals surface area contributed by atoms with Gasteiger partial charge in [-0.15, -0.1) is 0 Å². The highest BCUT2D eigenvalue weighted by Gasteiger charge is 2.19. The Labute approximate surface area is 91.1 Å². The summed E-state index contributed by atoms with van der Waals surface area (Å²) in [5.41, 5.74) is 4.97. The van der Waals surface area contributed by atoms with E-state index in [9.17, 15) is 5.11 Å². The summed E-state index contributed by atoms with van der Waals surface area (Å²) in [7, 11) is 0. The van der Waals surface area contributed by atoms with Crippen LogP contribution in [-0.2, 0) is 0 Å². The van der Waals surface area contributed by atoms with Crippen molar-refractivity contribution in [3.63, 3.8) is 0 Å². The Morgan fingerprint density at radius 3 is 2.50 bits per heavy atom. The average Bonchev–Trinajstić information content (AvgIpc) is 2.47. The summed E-state index contributed by atoms with van der Waals surface area (Å²) < 4.78 is 1.03. The number of allylic oxidation sites excluding steroid dienone is 1. The SMILES string of the molecule is CC1=CC(O)N(c2ccc(Br)cc2)N1. The van der Waals surface area contributed by atoms with Crippen LogP contribution in [0.5, 0.6) is 0 Å². The van der Waals surface area contributed by atoms with Gasteiger partial charge in [-0.3, -0.25) is 5.01 Å². The second-order valence-electron chi connectivity index (χ2n) is 3.22. The van der Waals surface area contributed by atoms with E-state index in [1.807, 2.05) is 31.2 Å². The van der Waals surface area contributed by atoms with Crippen molar-refractivity contribution in [3.8, 4) is 0 Å². The Morgan fingerprint density at radius 1 is 1.36 bits per heavy atom. The third-order valence-electron chi connectivity index (χ3n) is 2.07. The van der Waals surface area contributed by atoms with Gasteiger partial charge in [0.2, 0.25) is 0 Å². The number of rotatable bonds is 1. The largest absolute Gasteiger partial charge is 0.368 e. The van der Waals surface area contributed by atoms with Gasteiger partial charge in [-0.1, -0.05) is 15.9 Å². The second kappa shape index (κ2) is 3.63. The highest BCUT2D eigenvalue weighted by atomic mass is 79.9. The minimum Gasteiger partial charge on any atom is -0.368 e. The van der Waals surface area contributed by atoms with Crippen molar-refractivity contribution in [2.24, 2.45) is 0 Å². The molecule has 1 aliphatic heterocycles. The first-order valence-electron chi connectivity index (χ1n) is 4.35. The summed E-state index contributed by atoms with van der Waals surface area (Å²) in [6.07, 6.45) is 1.18. The molecule has 0 amide bonds. The van der Waals surface area contributed by atoms with Crippen LogP contribution in [0.4, 0.5) is 5.69 Å². The number of anilines is 1. The van der Waals surface area contributed by atoms with Crippen molar-refractivity contribution >= 4 is 21.6 Å². The topological polar surface area (TPSA) is 35.5 Å². The first kappa shape index (κ1) is 9.55. The Hall–Kier alpha value is -1.00. The van der Waals surface area contributed by atoms with Gasteiger partial charge in [-0.2, -0.15) is 0 Å². The van der Waals surface area contributed by atoms with E-state index < -0.39 is 6.23 Å². The number of hydrazine groups is 1. The monoisotopic (exact) mass is 254 g/mol. The molecule has 0 fully saturated rings. The lowest BCUT2D eigenvalue weighted by Crippen LogP contribution is -2.38. The predicted octanol–water partition coefficient (Wildman–Crippen LogP) is 2.00. The highest BCUT2D eigenvalue weighted by molar-refractivity contribution is 9.10. The Bertz CT molecular complexity index is 361. The van der Waals surface area contributed by atoms with Gasteiger partial charge < -0.3 is 10.5 Å². The van der Waals surface area contributed by atoms with Gasteiger partial charge in [0, 0.05) is 10.2 Å². The zero-order valence-electron chi connectivity index (χ0n) is 7.74. The van der Waals surface area contributed by atoms with Crippen LogP contribution in [0, 0.1) is 0 Å². The van der Waals surface area contributed by atoms with Crippen molar-refractivity contribution in [1.29, 1.82) is 0 Å². The molecule has 1 aromatic carbocycles. The number of aliphatic hydroxyl groups excluding tert-OH is 1. The number of aliphatic hydroxyl groups is 1. The van der Waals surface area contributed by atoms with E-state index in [0.29, 0.717) is 0 Å². The van der Waals surface area contributed by atoms with Gasteiger partial charge in [-0.25, -0.2) is 0 Å². The van der Waals surface area contributed by atoms with Crippen molar-refractivity contribution in [1.82, 2.24) is 5.43 Å². The predicted molar refractivity (Wildman–Crippen MR) is 59.5 cm³/mol. The van der Waals surface area contributed by atoms with Crippen LogP contribution in [0.25, 0.3) is 0 Å². The molecule has 0 aliphatic carbocycles. The molecular formula is C10H11BrN2O. The van der Waals surface area contributed by atoms with E-state index in [1.54, 1.807) is 11.1 Å². The lowest BCUT2D eigenvalue weighted by atomic mass is 10.3. The number of nitrogens with one attached hydrogen (secondary N) is 1. The molecule has 1 atom stereocenters. The third kappa shape index (κ3) is 1.76. The Balaban J connectivity index is 2.21. The molecular weight excluding hydrogens is 244 g/mol. The zero-order chi connectivity index (χ0) is 10.1. The molecule has 3 nitrogen and oxygen atoms in total. The maximum atomic E-state index is 9.66. The fraction of sp³-hybridized carbons (Fsp3) is 0.200. The molecule has 0 saturated heterocycles. The van der Waals surface area contributed by atoms with Crippen molar-refractivity contribution < 1.29 is 5.11 Å². The van der Waals surface area contributed by atoms with Crippen molar-refractivity contribution in [3.05, 3.63) is 40.5 Å². The van der Waals surface area contributed by atoms with Crippen LogP contribution in [-0.4, -0.2) is 11.3 Å². The number of hydrogen-bond acceptors (Lipinski definition) is 3. The van der Waals surface area contributed by atoms with Gasteiger partial charge >= 0.3 is 0 Å². The van der Waals surface area contributed by atoms with Gasteiger partial charge in [0.1, 0.15) is 0 Å². The van der Waals surface area contributed by atoms with Crippen LogP contribution >= 0.6 is 15.9 Å². The maximum absolute atomic E-state index is 9.66. The van der Waals surface area contributed by atoms with Crippen LogP contribution in [0.15, 0.2) is 40.5 Å². The van der Waals surface area contributed by atoms with E-state index in [1.165, 1.54) is 0 Å². The summed E-state index contributed by atoms with van der Waals surface area (Å²) in [6.45, 7) is 1.92. The molecule has 0 spiro atoms. The fourth-order valence-electron chi connectivity index (χ4n) is 1.41. The van der Waals surface area contributed by atoms with Gasteiger partial charge in [0.05, 0.1) is 5.69 Å². The number of hydrogen-bond donors (Lipinski definition) is 2. The van der Waals surface area contributed by atoms with Crippen molar-refractivity contribution in [2.45, 2.75) is 13.2 Å². The molecule has 0 saturated carbocycles. The first-order valence-corrected chi connectivity index (χ1v) is 5.14. The number of halogens is 1. The van der Waals surface area contributed by atoms with E-state index >= 15 is 0 Å². The van der Waals surface area contributed by atoms with Gasteiger partial charge in [0.15, 0.2) is 6.23 Å². The summed E-state index contributed by atoms with van der Waals surface area (Å²) in [6, 6.07) is 7.76. The lowest BCUT2D eigenvalue weighted by molar-refractivity contribution is 0.218. The quantitative estimate of drug-likeness (QED) is 0.805. The van der Waals surface area contributed by atoms with E-state index in [2.05, 4.69) is 21.4 Å². The summed E-state index contributed by atoms with van der Waals surface area (Å²) in [4.78, 5) is 0. The third-order valence-corrected chi connectivity index (χ3v) is 2.59. The highest BCUT2D eigenvalue weighted by Crippen LogP contribution is 2.21. The van der Waals surface area contributed by atoms with Crippen molar-refractivity contribution in [2.75, 3.05) is 5.01 Å². The number of nitrogens with zero attached hydrogens (tertiary/aromatic N) is 1. The van der Waals surface area contributed by atoms with Crippen LogP contribution in [0.2, 0.25) is 0 Å². The normalized spacial score (nSPS) is 20.6. The Morgan fingerprint density at radius 2 is 2.00 bits per heavy atom. The first-order chi connectivity index (χ1) is 6.66. The molecule has 1 heterocycles. The van der Waals surface area contributed by atoms with E-state index in [4.69, 9.17) is 0 Å². The van der Waals surface area contributed by atoms with E-state index in [0.717, 1.165) is 15.9 Å². The van der Waals surface area contributed by atoms with Crippen LogP contribution < -0.4 is 10.4 Å². The van der Waals surface area contributed by atoms with E-state index in [-0.39, 0.29) is 0 Å². The lowest BCUT2D eigenvalue weighted by Gasteiger charge is -2.23. The molecule has 74 valence electrons. The second-order valence-corrected chi connectivity index (χ2v) is 4.14. The Kier molecular flexibility index (Phi) is 2.48. The van der Waals surface area contributed by atoms with Crippen LogP contribution in [0.3, 0.4) is 0 Å². The van der Waals surface area contributed by atoms with Gasteiger partial charge in [0.25, 0.3) is 0 Å².